The quantitative estimate of drug-likeness (QED) is 0.284. The Kier molecular flexibility index (Phi) is 13.8. The van der Waals surface area contributed by atoms with Gasteiger partial charge in [-0.25, -0.2) is 0 Å². The summed E-state index contributed by atoms with van der Waals surface area (Å²) in [4.78, 5) is 11.3. The van der Waals surface area contributed by atoms with E-state index < -0.39 is 0 Å². The Labute approximate surface area is 109 Å². The molecule has 0 radical (unpaired) electrons. The highest BCUT2D eigenvalue weighted by Crippen LogP contribution is 1.77. The number of amides is 1. The van der Waals surface area contributed by atoms with Crippen molar-refractivity contribution in [1.29, 1.82) is 0 Å². The summed E-state index contributed by atoms with van der Waals surface area (Å²) in [6.45, 7) is 5.16. The summed E-state index contributed by atoms with van der Waals surface area (Å²) in [7, 11) is 1.85. The number of likely N-dealkylation sites (N-methyl/N-ethyl adjacent to an activating group) is 1. The van der Waals surface area contributed by atoms with E-state index in [1.54, 1.807) is 0 Å². The topological polar surface area (TPSA) is 97.6 Å². The Morgan fingerprint density at radius 2 is 1.78 bits per heavy atom. The second kappa shape index (κ2) is 14.3. The van der Waals surface area contributed by atoms with Crippen molar-refractivity contribution in [3.8, 4) is 0 Å². The summed E-state index contributed by atoms with van der Waals surface area (Å²) >= 11 is 0. The Hall–Kier alpha value is -0.730. The van der Waals surface area contributed by atoms with Gasteiger partial charge in [-0.15, -0.1) is 0 Å². The molecule has 0 fully saturated rings. The molecular weight excluding hydrogens is 236 g/mol. The molecule has 0 saturated carbocycles. The average Bonchev–Trinajstić information content (AvgIpc) is 2.37. The SMILES string of the molecule is CNCCNC(=O)CNCCOCCOCCN. The molecule has 0 aromatic rings. The molecule has 0 aromatic carbocycles. The first-order valence-electron chi connectivity index (χ1n) is 6.28. The first-order valence-corrected chi connectivity index (χ1v) is 6.28. The van der Waals surface area contributed by atoms with E-state index in [4.69, 9.17) is 15.2 Å². The summed E-state index contributed by atoms with van der Waals surface area (Å²) in [5.41, 5.74) is 5.26. The van der Waals surface area contributed by atoms with Crippen LogP contribution in [0.2, 0.25) is 0 Å². The number of hydrogen-bond acceptors (Lipinski definition) is 6. The van der Waals surface area contributed by atoms with E-state index in [0.29, 0.717) is 52.6 Å². The molecule has 0 aliphatic carbocycles. The van der Waals surface area contributed by atoms with Crippen LogP contribution in [0.15, 0.2) is 0 Å². The summed E-state index contributed by atoms with van der Waals surface area (Å²) < 4.78 is 10.4. The first-order chi connectivity index (χ1) is 8.81. The highest BCUT2D eigenvalue weighted by molar-refractivity contribution is 5.77. The largest absolute Gasteiger partial charge is 0.378 e. The summed E-state index contributed by atoms with van der Waals surface area (Å²) in [5.74, 6) is -0.00321. The van der Waals surface area contributed by atoms with Crippen LogP contribution in [-0.4, -0.2) is 72.1 Å². The minimum absolute atomic E-state index is 0.00321. The number of nitrogens with two attached hydrogens (primary N) is 1. The molecule has 18 heavy (non-hydrogen) atoms. The van der Waals surface area contributed by atoms with Gasteiger partial charge in [0.25, 0.3) is 0 Å². The van der Waals surface area contributed by atoms with Gasteiger partial charge in [0.15, 0.2) is 0 Å². The molecule has 7 heteroatoms. The Bertz CT molecular complexity index is 193. The lowest BCUT2D eigenvalue weighted by Crippen LogP contribution is -2.38. The minimum atomic E-state index is -0.00321. The summed E-state index contributed by atoms with van der Waals surface area (Å²) in [6.07, 6.45) is 0. The highest BCUT2D eigenvalue weighted by atomic mass is 16.5. The van der Waals surface area contributed by atoms with Crippen LogP contribution in [0.3, 0.4) is 0 Å². The van der Waals surface area contributed by atoms with Crippen LogP contribution in [-0.2, 0) is 14.3 Å². The van der Waals surface area contributed by atoms with Crippen LogP contribution in [0.1, 0.15) is 0 Å². The second-order valence-corrected chi connectivity index (χ2v) is 3.64. The predicted molar refractivity (Wildman–Crippen MR) is 70.5 cm³/mol. The van der Waals surface area contributed by atoms with Crippen molar-refractivity contribution in [3.05, 3.63) is 0 Å². The van der Waals surface area contributed by atoms with Gasteiger partial charge in [0.1, 0.15) is 0 Å². The van der Waals surface area contributed by atoms with E-state index >= 15 is 0 Å². The zero-order valence-corrected chi connectivity index (χ0v) is 11.2. The minimum Gasteiger partial charge on any atom is -0.378 e. The third-order valence-electron chi connectivity index (χ3n) is 2.04. The maximum Gasteiger partial charge on any atom is 0.234 e. The molecule has 0 aromatic heterocycles. The lowest BCUT2D eigenvalue weighted by atomic mass is 10.5. The van der Waals surface area contributed by atoms with Crippen molar-refractivity contribution < 1.29 is 14.3 Å². The standard InChI is InChI=1S/C11H26N4O3/c1-13-3-4-15-11(16)10-14-5-7-18-9-8-17-6-2-12/h13-14H,2-10,12H2,1H3,(H,15,16). The van der Waals surface area contributed by atoms with E-state index in [2.05, 4.69) is 16.0 Å². The van der Waals surface area contributed by atoms with Crippen LogP contribution in [0.4, 0.5) is 0 Å². The van der Waals surface area contributed by atoms with Gasteiger partial charge in [0.2, 0.25) is 5.91 Å². The molecular formula is C11H26N4O3. The number of nitrogens with one attached hydrogen (secondary N) is 3. The Morgan fingerprint density at radius 1 is 1.06 bits per heavy atom. The summed E-state index contributed by atoms with van der Waals surface area (Å²) in [6, 6.07) is 0. The average molecular weight is 262 g/mol. The van der Waals surface area contributed by atoms with Crippen molar-refractivity contribution >= 4 is 5.91 Å². The lowest BCUT2D eigenvalue weighted by Gasteiger charge is -2.07. The molecule has 5 N–H and O–H groups in total. The second-order valence-electron chi connectivity index (χ2n) is 3.64. The van der Waals surface area contributed by atoms with Crippen LogP contribution in [0, 0.1) is 0 Å². The zero-order chi connectivity index (χ0) is 13.5. The maximum absolute atomic E-state index is 11.3. The van der Waals surface area contributed by atoms with Gasteiger partial charge >= 0.3 is 0 Å². The number of carbonyl (C=O) groups excluding carboxylic acids is 1. The molecule has 0 heterocycles. The smallest absolute Gasteiger partial charge is 0.234 e. The molecule has 0 aliphatic rings. The number of hydrogen-bond donors (Lipinski definition) is 4. The van der Waals surface area contributed by atoms with E-state index in [-0.39, 0.29) is 5.91 Å². The molecule has 0 unspecified atom stereocenters. The van der Waals surface area contributed by atoms with E-state index in [9.17, 15) is 4.79 Å². The van der Waals surface area contributed by atoms with E-state index in [1.807, 2.05) is 7.05 Å². The Morgan fingerprint density at radius 3 is 2.44 bits per heavy atom. The fraction of sp³-hybridized carbons (Fsp3) is 0.909. The van der Waals surface area contributed by atoms with Crippen LogP contribution in [0.25, 0.3) is 0 Å². The Balaban J connectivity index is 3.08. The molecule has 108 valence electrons. The van der Waals surface area contributed by atoms with Crippen molar-refractivity contribution in [1.82, 2.24) is 16.0 Å². The van der Waals surface area contributed by atoms with Crippen molar-refractivity contribution in [2.75, 3.05) is 66.2 Å². The molecule has 0 aliphatic heterocycles. The highest BCUT2D eigenvalue weighted by Gasteiger charge is 1.98. The first kappa shape index (κ1) is 17.3. The van der Waals surface area contributed by atoms with Gasteiger partial charge in [0, 0.05) is 26.2 Å². The number of ether oxygens (including phenoxy) is 2. The van der Waals surface area contributed by atoms with Gasteiger partial charge in [0.05, 0.1) is 33.0 Å². The van der Waals surface area contributed by atoms with Crippen molar-refractivity contribution in [3.63, 3.8) is 0 Å². The van der Waals surface area contributed by atoms with Gasteiger partial charge in [-0.1, -0.05) is 0 Å². The molecule has 0 spiro atoms. The van der Waals surface area contributed by atoms with Crippen LogP contribution < -0.4 is 21.7 Å². The van der Waals surface area contributed by atoms with Crippen LogP contribution in [0.5, 0.6) is 0 Å². The van der Waals surface area contributed by atoms with Crippen molar-refractivity contribution in [2.24, 2.45) is 5.73 Å². The van der Waals surface area contributed by atoms with E-state index in [0.717, 1.165) is 6.54 Å². The summed E-state index contributed by atoms with van der Waals surface area (Å²) in [5, 5.41) is 8.72. The fourth-order valence-electron chi connectivity index (χ4n) is 1.14. The lowest BCUT2D eigenvalue weighted by molar-refractivity contribution is -0.120. The molecule has 0 bridgehead atoms. The van der Waals surface area contributed by atoms with Gasteiger partial charge in [-0.2, -0.15) is 0 Å². The normalized spacial score (nSPS) is 10.6. The monoisotopic (exact) mass is 262 g/mol. The van der Waals surface area contributed by atoms with Gasteiger partial charge in [-0.3, -0.25) is 4.79 Å². The van der Waals surface area contributed by atoms with Gasteiger partial charge < -0.3 is 31.2 Å². The number of carbonyl (C=O) groups is 1. The fourth-order valence-corrected chi connectivity index (χ4v) is 1.14. The molecule has 0 atom stereocenters. The molecule has 0 saturated heterocycles. The van der Waals surface area contributed by atoms with Gasteiger partial charge in [-0.05, 0) is 7.05 Å². The van der Waals surface area contributed by atoms with Crippen LogP contribution >= 0.6 is 0 Å². The molecule has 0 rings (SSSR count). The molecule has 1 amide bonds. The third-order valence-corrected chi connectivity index (χ3v) is 2.04. The third kappa shape index (κ3) is 13.3. The van der Waals surface area contributed by atoms with E-state index in [1.165, 1.54) is 0 Å². The zero-order valence-electron chi connectivity index (χ0n) is 11.2. The number of rotatable bonds is 13. The maximum atomic E-state index is 11.3. The molecule has 7 nitrogen and oxygen atoms in total. The van der Waals surface area contributed by atoms with Crippen molar-refractivity contribution in [2.45, 2.75) is 0 Å². The predicted octanol–water partition coefficient (Wildman–Crippen LogP) is -2.10.